The molecule has 1 heterocycles. The summed E-state index contributed by atoms with van der Waals surface area (Å²) >= 11 is 0. The molecule has 2 rings (SSSR count). The topological polar surface area (TPSA) is 38.3 Å². The van der Waals surface area contributed by atoms with Crippen LogP contribution in [0.4, 0.5) is 13.2 Å². The summed E-state index contributed by atoms with van der Waals surface area (Å²) in [5.41, 5.74) is -0.721. The molecule has 0 aliphatic carbocycles. The molecular formula is C14H14F3NO2. The van der Waals surface area contributed by atoms with E-state index >= 15 is 0 Å². The molecule has 1 aliphatic heterocycles. The average Bonchev–Trinajstić information content (AvgIpc) is 2.89. The number of rotatable bonds is 3. The minimum atomic E-state index is -4.46. The first-order chi connectivity index (χ1) is 9.41. The minimum absolute atomic E-state index is 0.0861. The van der Waals surface area contributed by atoms with Gasteiger partial charge in [-0.05, 0) is 30.2 Å². The van der Waals surface area contributed by atoms with E-state index in [1.54, 1.807) is 0 Å². The normalized spacial score (nSPS) is 18.9. The molecule has 1 aliphatic rings. The number of hydrogen-bond donors (Lipinski definition) is 1. The van der Waals surface area contributed by atoms with Crippen molar-refractivity contribution >= 4 is 12.0 Å². The third kappa shape index (κ3) is 3.19. The zero-order valence-electron chi connectivity index (χ0n) is 10.7. The lowest BCUT2D eigenvalue weighted by atomic mass is 10.0. The molecule has 6 heteroatoms. The third-order valence-electron chi connectivity index (χ3n) is 3.10. The van der Waals surface area contributed by atoms with Gasteiger partial charge in [-0.3, -0.25) is 4.79 Å². The highest BCUT2D eigenvalue weighted by Crippen LogP contribution is 2.33. The van der Waals surface area contributed by atoms with Crippen molar-refractivity contribution < 1.29 is 22.7 Å². The molecule has 0 radical (unpaired) electrons. The molecule has 1 atom stereocenters. The summed E-state index contributed by atoms with van der Waals surface area (Å²) in [6.07, 6.45) is -2.66. The molecule has 1 fully saturated rings. The molecule has 1 amide bonds. The first-order valence-corrected chi connectivity index (χ1v) is 6.14. The number of carbonyl (C=O) groups is 1. The van der Waals surface area contributed by atoms with Crippen LogP contribution < -0.4 is 5.32 Å². The molecule has 3 nitrogen and oxygen atoms in total. The van der Waals surface area contributed by atoms with Gasteiger partial charge in [0.1, 0.15) is 0 Å². The van der Waals surface area contributed by atoms with Gasteiger partial charge in [-0.2, -0.15) is 13.2 Å². The van der Waals surface area contributed by atoms with Crippen LogP contribution in [0.15, 0.2) is 24.8 Å². The number of hydrogen-bond acceptors (Lipinski definition) is 2. The molecule has 0 spiro atoms. The first-order valence-electron chi connectivity index (χ1n) is 6.14. The second-order valence-corrected chi connectivity index (χ2v) is 4.54. The molecule has 1 aromatic carbocycles. The Balaban J connectivity index is 2.20. The van der Waals surface area contributed by atoms with Crippen molar-refractivity contribution in [3.63, 3.8) is 0 Å². The number of alkyl halides is 3. The van der Waals surface area contributed by atoms with Gasteiger partial charge in [-0.15, -0.1) is 0 Å². The number of amides is 1. The van der Waals surface area contributed by atoms with Crippen LogP contribution in [0, 0.1) is 0 Å². The molecule has 0 bridgehead atoms. The van der Waals surface area contributed by atoms with Crippen molar-refractivity contribution in [1.29, 1.82) is 0 Å². The van der Waals surface area contributed by atoms with E-state index in [9.17, 15) is 18.0 Å². The number of benzene rings is 1. The van der Waals surface area contributed by atoms with E-state index in [0.29, 0.717) is 19.6 Å². The van der Waals surface area contributed by atoms with E-state index in [2.05, 4.69) is 11.9 Å². The van der Waals surface area contributed by atoms with Gasteiger partial charge in [0, 0.05) is 12.2 Å². The first kappa shape index (κ1) is 14.6. The Hall–Kier alpha value is -1.82. The second kappa shape index (κ2) is 5.66. The van der Waals surface area contributed by atoms with Gasteiger partial charge in [0.2, 0.25) is 0 Å². The van der Waals surface area contributed by atoms with Gasteiger partial charge in [0.15, 0.2) is 0 Å². The molecule has 108 valence electrons. The van der Waals surface area contributed by atoms with Gasteiger partial charge < -0.3 is 10.1 Å². The summed E-state index contributed by atoms with van der Waals surface area (Å²) < 4.78 is 43.3. The predicted molar refractivity (Wildman–Crippen MR) is 68.2 cm³/mol. The van der Waals surface area contributed by atoms with Gasteiger partial charge in [-0.1, -0.05) is 12.7 Å². The van der Waals surface area contributed by atoms with E-state index in [-0.39, 0.29) is 17.2 Å². The number of carbonyl (C=O) groups excluding carboxylic acids is 1. The van der Waals surface area contributed by atoms with E-state index in [4.69, 9.17) is 4.74 Å². The maximum absolute atomic E-state index is 12.7. The van der Waals surface area contributed by atoms with Crippen LogP contribution >= 0.6 is 0 Å². The number of ether oxygens (including phenoxy) is 1. The minimum Gasteiger partial charge on any atom is -0.379 e. The molecule has 20 heavy (non-hydrogen) atoms. The van der Waals surface area contributed by atoms with Crippen molar-refractivity contribution in [1.82, 2.24) is 5.32 Å². The molecule has 0 aromatic heterocycles. The van der Waals surface area contributed by atoms with Crippen molar-refractivity contribution in [3.8, 4) is 0 Å². The molecular weight excluding hydrogens is 271 g/mol. The van der Waals surface area contributed by atoms with Gasteiger partial charge in [-0.25, -0.2) is 0 Å². The van der Waals surface area contributed by atoms with Crippen molar-refractivity contribution in [2.45, 2.75) is 18.6 Å². The molecule has 1 unspecified atom stereocenters. The number of halogens is 3. The lowest BCUT2D eigenvalue weighted by molar-refractivity contribution is -0.137. The Labute approximate surface area is 114 Å². The van der Waals surface area contributed by atoms with Crippen molar-refractivity contribution in [2.75, 3.05) is 13.2 Å². The smallest absolute Gasteiger partial charge is 0.379 e. The van der Waals surface area contributed by atoms with Crippen LogP contribution in [0.25, 0.3) is 6.08 Å². The van der Waals surface area contributed by atoms with E-state index < -0.39 is 17.6 Å². The fourth-order valence-electron chi connectivity index (χ4n) is 2.05. The van der Waals surface area contributed by atoms with Crippen molar-refractivity contribution in [2.24, 2.45) is 0 Å². The SMILES string of the molecule is C=Cc1cc(C(=O)NC2CCOC2)ccc1C(F)(F)F. The fourth-order valence-corrected chi connectivity index (χ4v) is 2.05. The summed E-state index contributed by atoms with van der Waals surface area (Å²) in [7, 11) is 0. The molecule has 1 aromatic rings. The molecule has 0 saturated carbocycles. The van der Waals surface area contributed by atoms with Crippen molar-refractivity contribution in [3.05, 3.63) is 41.5 Å². The Morgan fingerprint density at radius 3 is 2.75 bits per heavy atom. The fraction of sp³-hybridized carbons (Fsp3) is 0.357. The van der Waals surface area contributed by atoms with Gasteiger partial charge in [0.25, 0.3) is 5.91 Å². The highest BCUT2D eigenvalue weighted by molar-refractivity contribution is 5.95. The third-order valence-corrected chi connectivity index (χ3v) is 3.10. The summed E-state index contributed by atoms with van der Waals surface area (Å²) in [6.45, 7) is 4.37. The zero-order chi connectivity index (χ0) is 14.8. The second-order valence-electron chi connectivity index (χ2n) is 4.54. The van der Waals surface area contributed by atoms with Crippen LogP contribution in [0.1, 0.15) is 27.9 Å². The monoisotopic (exact) mass is 285 g/mol. The Morgan fingerprint density at radius 2 is 2.20 bits per heavy atom. The van der Waals surface area contributed by atoms with Crippen LogP contribution in [0.5, 0.6) is 0 Å². The highest BCUT2D eigenvalue weighted by Gasteiger charge is 2.33. The van der Waals surface area contributed by atoms with Gasteiger partial charge >= 0.3 is 6.18 Å². The largest absolute Gasteiger partial charge is 0.416 e. The highest BCUT2D eigenvalue weighted by atomic mass is 19.4. The van der Waals surface area contributed by atoms with E-state index in [0.717, 1.165) is 12.1 Å². The Morgan fingerprint density at radius 1 is 1.45 bits per heavy atom. The summed E-state index contributed by atoms with van der Waals surface area (Å²) in [5.74, 6) is -0.405. The Kier molecular flexibility index (Phi) is 4.13. The number of nitrogens with one attached hydrogen (secondary N) is 1. The van der Waals surface area contributed by atoms with Gasteiger partial charge in [0.05, 0.1) is 18.2 Å². The van der Waals surface area contributed by atoms with Crippen LogP contribution in [-0.2, 0) is 10.9 Å². The maximum Gasteiger partial charge on any atom is 0.416 e. The summed E-state index contributed by atoms with van der Waals surface area (Å²) in [6, 6.07) is 3.18. The van der Waals surface area contributed by atoms with Crippen LogP contribution in [0.2, 0.25) is 0 Å². The van der Waals surface area contributed by atoms with E-state index in [1.165, 1.54) is 12.1 Å². The maximum atomic E-state index is 12.7. The van der Waals surface area contributed by atoms with Crippen LogP contribution in [-0.4, -0.2) is 25.2 Å². The Bertz CT molecular complexity index is 520. The summed E-state index contributed by atoms with van der Waals surface area (Å²) in [5, 5.41) is 2.73. The van der Waals surface area contributed by atoms with E-state index in [1.807, 2.05) is 0 Å². The molecule has 1 N–H and O–H groups in total. The van der Waals surface area contributed by atoms with Crippen LogP contribution in [0.3, 0.4) is 0 Å². The molecule has 1 saturated heterocycles. The lowest BCUT2D eigenvalue weighted by Crippen LogP contribution is -2.35. The summed E-state index contributed by atoms with van der Waals surface area (Å²) in [4.78, 5) is 11.9. The standard InChI is InChI=1S/C14H14F3NO2/c1-2-9-7-10(3-4-12(9)14(15,16)17)13(19)18-11-5-6-20-8-11/h2-4,7,11H,1,5-6,8H2,(H,18,19). The lowest BCUT2D eigenvalue weighted by Gasteiger charge is -2.14. The quantitative estimate of drug-likeness (QED) is 0.927. The zero-order valence-corrected chi connectivity index (χ0v) is 10.7. The predicted octanol–water partition coefficient (Wildman–Crippen LogP) is 2.87. The average molecular weight is 285 g/mol.